The Morgan fingerprint density at radius 2 is 2.08 bits per heavy atom. The Balaban J connectivity index is 1.98. The number of ketones is 1. The molecule has 0 radical (unpaired) electrons. The van der Waals surface area contributed by atoms with Crippen molar-refractivity contribution in [1.82, 2.24) is 4.90 Å². The number of aromatic hydroxyl groups is 1. The number of allylic oxidation sites excluding steroid dienone is 2. The van der Waals surface area contributed by atoms with Gasteiger partial charge in [-0.2, -0.15) is 0 Å². The lowest BCUT2D eigenvalue weighted by Gasteiger charge is -2.33. The smallest absolute Gasteiger partial charge is 0.197 e. The summed E-state index contributed by atoms with van der Waals surface area (Å²) >= 11 is 0. The van der Waals surface area contributed by atoms with Gasteiger partial charge in [0.15, 0.2) is 23.0 Å². The van der Waals surface area contributed by atoms with Crippen LogP contribution >= 0.6 is 0 Å². The Morgan fingerprint density at radius 1 is 1.29 bits per heavy atom. The number of phenolic OH excluding ortho intramolecular Hbond substituents is 1. The van der Waals surface area contributed by atoms with Crippen LogP contribution in [0.4, 0.5) is 0 Å². The van der Waals surface area contributed by atoms with Crippen LogP contribution in [0.25, 0.3) is 0 Å². The molecule has 2 atom stereocenters. The molecule has 4 rings (SSSR count). The lowest BCUT2D eigenvalue weighted by Crippen LogP contribution is -2.32. The van der Waals surface area contributed by atoms with Crippen LogP contribution in [-0.2, 0) is 21.4 Å². The second-order valence-electron chi connectivity index (χ2n) is 7.12. The number of carbonyl (C=O) groups excluding carboxylic acids is 1. The van der Waals surface area contributed by atoms with Gasteiger partial charge in [0.25, 0.3) is 0 Å². The first-order valence-electron chi connectivity index (χ1n) is 8.44. The van der Waals surface area contributed by atoms with E-state index in [4.69, 9.17) is 9.47 Å². The first kappa shape index (κ1) is 15.5. The van der Waals surface area contributed by atoms with Crippen LogP contribution in [-0.4, -0.2) is 43.6 Å². The Bertz CT molecular complexity index is 754. The molecule has 1 aliphatic heterocycles. The average molecular weight is 329 g/mol. The molecule has 0 bridgehead atoms. The van der Waals surface area contributed by atoms with Crippen molar-refractivity contribution in [1.29, 1.82) is 0 Å². The Morgan fingerprint density at radius 3 is 2.79 bits per heavy atom. The van der Waals surface area contributed by atoms with Crippen molar-refractivity contribution >= 4 is 5.78 Å². The molecule has 2 aliphatic carbocycles. The second kappa shape index (κ2) is 5.24. The molecular weight excluding hydrogens is 306 g/mol. The lowest BCUT2D eigenvalue weighted by molar-refractivity contribution is -0.119. The molecule has 0 fully saturated rings. The van der Waals surface area contributed by atoms with Crippen molar-refractivity contribution in [2.75, 3.05) is 27.8 Å². The zero-order valence-corrected chi connectivity index (χ0v) is 14.4. The number of phenols is 1. The average Bonchev–Trinajstić information content (AvgIpc) is 2.92. The monoisotopic (exact) mass is 329 g/mol. The molecule has 1 spiro atoms. The summed E-state index contributed by atoms with van der Waals surface area (Å²) in [5.74, 6) is 1.20. The highest BCUT2D eigenvalue weighted by molar-refractivity contribution is 5.95. The number of carbonyl (C=O) groups is 1. The normalized spacial score (nSPS) is 28.7. The van der Waals surface area contributed by atoms with Gasteiger partial charge in [0.05, 0.1) is 14.2 Å². The molecule has 0 aromatic heterocycles. The predicted molar refractivity (Wildman–Crippen MR) is 89.4 cm³/mol. The number of hydrogen-bond donors (Lipinski definition) is 1. The topological polar surface area (TPSA) is 59.0 Å². The van der Waals surface area contributed by atoms with Crippen molar-refractivity contribution in [3.05, 3.63) is 34.6 Å². The molecular formula is C19H23NO4. The quantitative estimate of drug-likeness (QED) is 0.903. The van der Waals surface area contributed by atoms with E-state index in [1.165, 1.54) is 18.2 Å². The minimum absolute atomic E-state index is 0.0407. The molecule has 0 saturated heterocycles. The van der Waals surface area contributed by atoms with Crippen molar-refractivity contribution in [3.8, 4) is 11.5 Å². The van der Waals surface area contributed by atoms with E-state index in [1.54, 1.807) is 7.11 Å². The zero-order valence-electron chi connectivity index (χ0n) is 14.4. The molecule has 128 valence electrons. The number of likely N-dealkylation sites (N-methyl/N-ethyl adjacent to an activating group) is 1. The van der Waals surface area contributed by atoms with E-state index in [1.807, 2.05) is 12.1 Å². The first-order valence-corrected chi connectivity index (χ1v) is 8.44. The molecule has 1 N–H and O–H groups in total. The summed E-state index contributed by atoms with van der Waals surface area (Å²) in [4.78, 5) is 14.4. The summed E-state index contributed by atoms with van der Waals surface area (Å²) in [6, 6.07) is 2.24. The van der Waals surface area contributed by atoms with Gasteiger partial charge in [0.1, 0.15) is 0 Å². The van der Waals surface area contributed by atoms with Crippen molar-refractivity contribution in [3.63, 3.8) is 0 Å². The SMILES string of the molecule is COC1=C[C@@]2(CCC1=O)C[C@H]1c3c(cc(OC)c(O)c32)CCN1C. The Labute approximate surface area is 141 Å². The van der Waals surface area contributed by atoms with Gasteiger partial charge in [0, 0.05) is 30.0 Å². The third-order valence-electron chi connectivity index (χ3n) is 5.97. The Kier molecular flexibility index (Phi) is 3.39. The number of rotatable bonds is 2. The lowest BCUT2D eigenvalue weighted by atomic mass is 9.73. The van der Waals surface area contributed by atoms with E-state index >= 15 is 0 Å². The minimum Gasteiger partial charge on any atom is -0.504 e. The van der Waals surface area contributed by atoms with E-state index in [2.05, 4.69) is 11.9 Å². The largest absolute Gasteiger partial charge is 0.504 e. The van der Waals surface area contributed by atoms with Crippen LogP contribution in [0.2, 0.25) is 0 Å². The zero-order chi connectivity index (χ0) is 17.1. The summed E-state index contributed by atoms with van der Waals surface area (Å²) in [5, 5.41) is 10.9. The molecule has 0 amide bonds. The van der Waals surface area contributed by atoms with Crippen LogP contribution in [0.5, 0.6) is 11.5 Å². The second-order valence-corrected chi connectivity index (χ2v) is 7.12. The molecule has 3 aliphatic rings. The molecule has 1 heterocycles. The van der Waals surface area contributed by atoms with Crippen LogP contribution < -0.4 is 4.74 Å². The Hall–Kier alpha value is -2.01. The summed E-state index contributed by atoms with van der Waals surface area (Å²) in [6.07, 6.45) is 4.91. The summed E-state index contributed by atoms with van der Waals surface area (Å²) < 4.78 is 10.8. The molecule has 0 unspecified atom stereocenters. The standard InChI is InChI=1S/C19H23NO4/c1-20-7-5-11-8-14(23-2)18(22)17-16(11)12(20)9-19(17)6-4-13(21)15(10-19)24-3/h8,10,12,22H,4-7,9H2,1-3H3/t12-,19+/m0/s1. The first-order chi connectivity index (χ1) is 11.5. The highest BCUT2D eigenvalue weighted by Gasteiger charge is 2.50. The van der Waals surface area contributed by atoms with Gasteiger partial charge in [-0.25, -0.2) is 0 Å². The van der Waals surface area contributed by atoms with Crippen molar-refractivity contribution < 1.29 is 19.4 Å². The van der Waals surface area contributed by atoms with Gasteiger partial charge in [0.2, 0.25) is 0 Å². The van der Waals surface area contributed by atoms with E-state index in [9.17, 15) is 9.90 Å². The fourth-order valence-electron chi connectivity index (χ4n) is 4.74. The van der Waals surface area contributed by atoms with Crippen LogP contribution in [0.15, 0.2) is 17.9 Å². The number of benzene rings is 1. The van der Waals surface area contributed by atoms with Crippen LogP contribution in [0.1, 0.15) is 42.0 Å². The van der Waals surface area contributed by atoms with E-state index < -0.39 is 0 Å². The van der Waals surface area contributed by atoms with E-state index in [0.29, 0.717) is 24.4 Å². The van der Waals surface area contributed by atoms with Gasteiger partial charge >= 0.3 is 0 Å². The summed E-state index contributed by atoms with van der Waals surface area (Å²) in [6.45, 7) is 0.987. The molecule has 0 saturated carbocycles. The van der Waals surface area contributed by atoms with Crippen molar-refractivity contribution in [2.45, 2.75) is 37.1 Å². The van der Waals surface area contributed by atoms with Crippen LogP contribution in [0.3, 0.4) is 0 Å². The number of methoxy groups -OCH3 is 2. The fraction of sp³-hybridized carbons (Fsp3) is 0.526. The fourth-order valence-corrected chi connectivity index (χ4v) is 4.74. The number of hydrogen-bond acceptors (Lipinski definition) is 5. The maximum absolute atomic E-state index is 12.1. The van der Waals surface area contributed by atoms with Gasteiger partial charge in [-0.1, -0.05) is 0 Å². The number of fused-ring (bicyclic) bond motifs is 1. The molecule has 24 heavy (non-hydrogen) atoms. The van der Waals surface area contributed by atoms with Crippen molar-refractivity contribution in [2.24, 2.45) is 0 Å². The number of nitrogens with zero attached hydrogens (tertiary/aromatic N) is 1. The third-order valence-corrected chi connectivity index (χ3v) is 5.97. The van der Waals surface area contributed by atoms with E-state index in [0.717, 1.165) is 24.9 Å². The maximum Gasteiger partial charge on any atom is 0.197 e. The van der Waals surface area contributed by atoms with Gasteiger partial charge in [-0.05, 0) is 49.6 Å². The molecule has 5 heteroatoms. The van der Waals surface area contributed by atoms with Crippen LogP contribution in [0, 0.1) is 0 Å². The maximum atomic E-state index is 12.1. The number of ether oxygens (including phenoxy) is 2. The van der Waals surface area contributed by atoms with Gasteiger partial charge < -0.3 is 14.6 Å². The molecule has 1 aromatic rings. The van der Waals surface area contributed by atoms with E-state index in [-0.39, 0.29) is 23.0 Å². The highest BCUT2D eigenvalue weighted by Crippen LogP contribution is 2.59. The predicted octanol–water partition coefficient (Wildman–Crippen LogP) is 2.46. The number of Topliss-reactive ketones (excluding diaryl/α,β-unsaturated/α-hetero) is 1. The molecule has 1 aromatic carbocycles. The molecule has 5 nitrogen and oxygen atoms in total. The van der Waals surface area contributed by atoms with Gasteiger partial charge in [-0.3, -0.25) is 9.69 Å². The summed E-state index contributed by atoms with van der Waals surface area (Å²) in [7, 11) is 5.26. The third kappa shape index (κ3) is 1.94. The minimum atomic E-state index is -0.356. The van der Waals surface area contributed by atoms with Gasteiger partial charge in [-0.15, -0.1) is 0 Å². The highest BCUT2D eigenvalue weighted by atomic mass is 16.5. The summed E-state index contributed by atoms with van der Waals surface area (Å²) in [5.41, 5.74) is 3.06.